The average molecular weight is 217 g/mol. The first kappa shape index (κ1) is 9.67. The van der Waals surface area contributed by atoms with E-state index in [2.05, 4.69) is 4.98 Å². The molecule has 0 bridgehead atoms. The summed E-state index contributed by atoms with van der Waals surface area (Å²) in [6.45, 7) is -0.299. The molecule has 1 unspecified atom stereocenters. The van der Waals surface area contributed by atoms with Crippen molar-refractivity contribution in [1.29, 1.82) is 0 Å². The van der Waals surface area contributed by atoms with E-state index in [1.54, 1.807) is 0 Å². The maximum Gasteiger partial charge on any atom is 0.219 e. The molecule has 0 saturated carbocycles. The van der Waals surface area contributed by atoms with Gasteiger partial charge in [0.15, 0.2) is 9.84 Å². The van der Waals surface area contributed by atoms with E-state index in [0.717, 1.165) is 0 Å². The van der Waals surface area contributed by atoms with Crippen LogP contribution in [-0.2, 0) is 16.4 Å². The molecule has 1 aliphatic heterocycles. The van der Waals surface area contributed by atoms with Crippen molar-refractivity contribution >= 4 is 9.84 Å². The quantitative estimate of drug-likeness (QED) is 0.776. The van der Waals surface area contributed by atoms with E-state index in [1.165, 1.54) is 6.26 Å². The molecule has 0 aromatic carbocycles. The molecule has 1 fully saturated rings. The van der Waals surface area contributed by atoms with Crippen LogP contribution in [-0.4, -0.2) is 24.3 Å². The number of aliphatic hydroxyl groups excluding tert-OH is 1. The van der Waals surface area contributed by atoms with Gasteiger partial charge in [0.05, 0.1) is 11.4 Å². The molecule has 1 saturated heterocycles. The summed E-state index contributed by atoms with van der Waals surface area (Å²) < 4.78 is 27.9. The second-order valence-electron chi connectivity index (χ2n) is 3.32. The van der Waals surface area contributed by atoms with E-state index in [1.807, 2.05) is 0 Å². The molecule has 14 heavy (non-hydrogen) atoms. The van der Waals surface area contributed by atoms with Gasteiger partial charge < -0.3 is 9.52 Å². The molecule has 0 spiro atoms. The molecule has 2 heterocycles. The highest BCUT2D eigenvalue weighted by Crippen LogP contribution is 2.33. The van der Waals surface area contributed by atoms with Crippen molar-refractivity contribution in [2.45, 2.75) is 24.7 Å². The summed E-state index contributed by atoms with van der Waals surface area (Å²) in [6.07, 6.45) is 2.59. The first-order valence-corrected chi connectivity index (χ1v) is 6.12. The summed E-state index contributed by atoms with van der Waals surface area (Å²) in [5, 5.41) is 8.18. The maximum absolute atomic E-state index is 11.5. The minimum atomic E-state index is -3.04. The summed E-state index contributed by atoms with van der Waals surface area (Å²) >= 11 is 0. The van der Waals surface area contributed by atoms with Crippen LogP contribution in [0.1, 0.15) is 29.7 Å². The highest BCUT2D eigenvalue weighted by Gasteiger charge is 2.34. The van der Waals surface area contributed by atoms with E-state index in [4.69, 9.17) is 9.52 Å². The molecule has 0 radical (unpaired) electrons. The first-order valence-electron chi connectivity index (χ1n) is 4.40. The Morgan fingerprint density at radius 2 is 2.43 bits per heavy atom. The second kappa shape index (κ2) is 3.36. The Morgan fingerprint density at radius 1 is 1.64 bits per heavy atom. The highest BCUT2D eigenvalue weighted by atomic mass is 32.2. The Morgan fingerprint density at radius 3 is 2.93 bits per heavy atom. The van der Waals surface area contributed by atoms with E-state index >= 15 is 0 Å². The fourth-order valence-corrected chi connectivity index (χ4v) is 3.52. The minimum absolute atomic E-state index is 0.169. The fourth-order valence-electron chi connectivity index (χ4n) is 1.67. The lowest BCUT2D eigenvalue weighted by Crippen LogP contribution is -2.08. The first-order chi connectivity index (χ1) is 6.63. The van der Waals surface area contributed by atoms with Crippen molar-refractivity contribution in [3.05, 3.63) is 17.8 Å². The predicted octanol–water partition coefficient (Wildman–Crippen LogP) is 0.417. The Hall–Kier alpha value is -0.880. The van der Waals surface area contributed by atoms with Crippen LogP contribution in [0.3, 0.4) is 0 Å². The van der Waals surface area contributed by atoms with Crippen molar-refractivity contribution in [1.82, 2.24) is 4.98 Å². The smallest absolute Gasteiger partial charge is 0.219 e. The Labute approximate surface area is 81.7 Å². The van der Waals surface area contributed by atoms with Crippen LogP contribution in [0.4, 0.5) is 0 Å². The molecule has 78 valence electrons. The molecule has 1 aliphatic rings. The predicted molar refractivity (Wildman–Crippen MR) is 48.2 cm³/mol. The number of aliphatic hydroxyl groups is 1. The molecular formula is C8H11NO4S. The molecule has 6 heteroatoms. The van der Waals surface area contributed by atoms with Gasteiger partial charge in [-0.2, -0.15) is 0 Å². The zero-order chi connectivity index (χ0) is 10.2. The van der Waals surface area contributed by atoms with Gasteiger partial charge in [-0.1, -0.05) is 0 Å². The molecular weight excluding hydrogens is 206 g/mol. The molecule has 5 nitrogen and oxygen atoms in total. The van der Waals surface area contributed by atoms with Gasteiger partial charge in [0.25, 0.3) is 0 Å². The van der Waals surface area contributed by atoms with Gasteiger partial charge in [0.2, 0.25) is 5.89 Å². The molecule has 0 amide bonds. The number of nitrogens with zero attached hydrogens (tertiary/aromatic N) is 1. The molecule has 1 aromatic rings. The van der Waals surface area contributed by atoms with Gasteiger partial charge in [-0.05, 0) is 12.8 Å². The van der Waals surface area contributed by atoms with Crippen LogP contribution >= 0.6 is 0 Å². The fraction of sp³-hybridized carbons (Fsp3) is 0.625. The van der Waals surface area contributed by atoms with Gasteiger partial charge in [0.1, 0.15) is 18.1 Å². The van der Waals surface area contributed by atoms with E-state index < -0.39 is 15.1 Å². The van der Waals surface area contributed by atoms with Crippen molar-refractivity contribution in [2.75, 3.05) is 5.75 Å². The number of hydrogen-bond acceptors (Lipinski definition) is 5. The standard InChI is InChI=1S/C8H11NO4S/c10-4-8-9-6(5-13-8)7-2-1-3-14(7,11)12/h5,7,10H,1-4H2. The average Bonchev–Trinajstić information content (AvgIpc) is 2.70. The van der Waals surface area contributed by atoms with Gasteiger partial charge in [-0.15, -0.1) is 0 Å². The van der Waals surface area contributed by atoms with Gasteiger partial charge in [-0.3, -0.25) is 0 Å². The number of rotatable bonds is 2. The van der Waals surface area contributed by atoms with Gasteiger partial charge >= 0.3 is 0 Å². The largest absolute Gasteiger partial charge is 0.446 e. The highest BCUT2D eigenvalue weighted by molar-refractivity contribution is 7.91. The minimum Gasteiger partial charge on any atom is -0.446 e. The van der Waals surface area contributed by atoms with Crippen molar-refractivity contribution in [2.24, 2.45) is 0 Å². The lowest BCUT2D eigenvalue weighted by molar-refractivity contribution is 0.240. The summed E-state index contributed by atoms with van der Waals surface area (Å²) in [7, 11) is -3.04. The molecule has 1 atom stereocenters. The van der Waals surface area contributed by atoms with Crippen molar-refractivity contribution < 1.29 is 17.9 Å². The van der Waals surface area contributed by atoms with Crippen molar-refractivity contribution in [3.63, 3.8) is 0 Å². The lowest BCUT2D eigenvalue weighted by atomic mass is 10.2. The summed E-state index contributed by atoms with van der Waals surface area (Å²) in [6, 6.07) is 0. The second-order valence-corrected chi connectivity index (χ2v) is 5.63. The monoisotopic (exact) mass is 217 g/mol. The zero-order valence-electron chi connectivity index (χ0n) is 7.51. The van der Waals surface area contributed by atoms with Crippen LogP contribution in [0.25, 0.3) is 0 Å². The summed E-state index contributed by atoms with van der Waals surface area (Å²) in [4.78, 5) is 3.91. The van der Waals surface area contributed by atoms with Gasteiger partial charge in [0, 0.05) is 0 Å². The normalized spacial score (nSPS) is 25.4. The van der Waals surface area contributed by atoms with Crippen LogP contribution in [0.15, 0.2) is 10.7 Å². The molecule has 1 aromatic heterocycles. The lowest BCUT2D eigenvalue weighted by Gasteiger charge is -2.03. The van der Waals surface area contributed by atoms with E-state index in [-0.39, 0.29) is 18.3 Å². The van der Waals surface area contributed by atoms with Crippen LogP contribution in [0.2, 0.25) is 0 Å². The molecule has 2 rings (SSSR count). The topological polar surface area (TPSA) is 80.4 Å². The van der Waals surface area contributed by atoms with Crippen molar-refractivity contribution in [3.8, 4) is 0 Å². The third-order valence-corrected chi connectivity index (χ3v) is 4.57. The Bertz CT molecular complexity index is 422. The number of sulfone groups is 1. The van der Waals surface area contributed by atoms with E-state index in [0.29, 0.717) is 18.5 Å². The SMILES string of the molecule is O=S1(=O)CCCC1c1coc(CO)n1. The Balaban J connectivity index is 2.31. The third kappa shape index (κ3) is 1.55. The maximum atomic E-state index is 11.5. The third-order valence-electron chi connectivity index (χ3n) is 2.36. The van der Waals surface area contributed by atoms with E-state index in [9.17, 15) is 8.42 Å². The Kier molecular flexibility index (Phi) is 2.32. The summed E-state index contributed by atoms with van der Waals surface area (Å²) in [5.41, 5.74) is 0.423. The number of oxazole rings is 1. The molecule has 0 aliphatic carbocycles. The van der Waals surface area contributed by atoms with Crippen LogP contribution < -0.4 is 0 Å². The molecule has 1 N–H and O–H groups in total. The van der Waals surface area contributed by atoms with Crippen LogP contribution in [0, 0.1) is 0 Å². The summed E-state index contributed by atoms with van der Waals surface area (Å²) in [5.74, 6) is 0.390. The van der Waals surface area contributed by atoms with Gasteiger partial charge in [-0.25, -0.2) is 13.4 Å². The number of hydrogen-bond donors (Lipinski definition) is 1. The number of aromatic nitrogens is 1. The van der Waals surface area contributed by atoms with Crippen LogP contribution in [0.5, 0.6) is 0 Å². The zero-order valence-corrected chi connectivity index (χ0v) is 8.33.